The Morgan fingerprint density at radius 1 is 1.23 bits per heavy atom. The zero-order chi connectivity index (χ0) is 18.2. The molecule has 1 aromatic heterocycles. The number of carbonyl (C=O) groups excluding carboxylic acids is 1. The van der Waals surface area contributed by atoms with Crippen LogP contribution in [0.3, 0.4) is 0 Å². The lowest BCUT2D eigenvalue weighted by Gasteiger charge is -2.12. The van der Waals surface area contributed by atoms with E-state index in [2.05, 4.69) is 9.97 Å². The highest BCUT2D eigenvalue weighted by molar-refractivity contribution is 5.93. The molecule has 26 heavy (non-hydrogen) atoms. The van der Waals surface area contributed by atoms with Crippen LogP contribution in [-0.2, 0) is 6.42 Å². The van der Waals surface area contributed by atoms with E-state index in [1.54, 1.807) is 23.7 Å². The molecule has 1 aromatic carbocycles. The number of halogens is 1. The van der Waals surface area contributed by atoms with Crippen molar-refractivity contribution in [1.29, 1.82) is 0 Å². The van der Waals surface area contributed by atoms with Crippen molar-refractivity contribution >= 4 is 30.1 Å². The minimum Gasteiger partial charge on any atom is -0.493 e. The van der Waals surface area contributed by atoms with Crippen LogP contribution in [0.25, 0.3) is 0 Å². The van der Waals surface area contributed by atoms with E-state index in [4.69, 9.17) is 26.1 Å². The van der Waals surface area contributed by atoms with Crippen molar-refractivity contribution < 1.29 is 19.5 Å². The molecule has 2 rings (SSSR count). The van der Waals surface area contributed by atoms with Crippen LogP contribution in [0, 0.1) is 0 Å². The number of nitrogen functional groups attached to an aromatic ring is 2. The first kappa shape index (κ1) is 21.3. The van der Waals surface area contributed by atoms with Gasteiger partial charge in [-0.1, -0.05) is 13.0 Å². The van der Waals surface area contributed by atoms with Gasteiger partial charge in [0, 0.05) is 12.0 Å². The van der Waals surface area contributed by atoms with E-state index in [1.807, 2.05) is 6.92 Å². The van der Waals surface area contributed by atoms with Gasteiger partial charge in [-0.15, -0.1) is 12.4 Å². The molecule has 0 bridgehead atoms. The van der Waals surface area contributed by atoms with Gasteiger partial charge in [0.15, 0.2) is 11.6 Å². The maximum Gasteiger partial charge on any atom is 0.274 e. The van der Waals surface area contributed by atoms with Gasteiger partial charge in [0.1, 0.15) is 5.75 Å². The van der Waals surface area contributed by atoms with Gasteiger partial charge >= 0.3 is 0 Å². The Balaban J connectivity index is 0.00000338. The average molecular weight is 384 g/mol. The van der Waals surface area contributed by atoms with Crippen LogP contribution < -0.4 is 26.4 Å². The number of hydroxylamine groups is 1. The summed E-state index contributed by atoms with van der Waals surface area (Å²) >= 11 is 0. The van der Waals surface area contributed by atoms with Crippen molar-refractivity contribution in [2.24, 2.45) is 0 Å². The Labute approximate surface area is 157 Å². The summed E-state index contributed by atoms with van der Waals surface area (Å²) in [6.45, 7) is 2.66. The second-order valence-corrected chi connectivity index (χ2v) is 5.12. The minimum absolute atomic E-state index is 0. The number of anilines is 2. The molecule has 0 spiro atoms. The highest BCUT2D eigenvalue weighted by atomic mass is 35.5. The van der Waals surface area contributed by atoms with Crippen molar-refractivity contribution in [3.8, 4) is 11.5 Å². The second kappa shape index (κ2) is 10.3. The first-order valence-electron chi connectivity index (χ1n) is 7.77. The summed E-state index contributed by atoms with van der Waals surface area (Å²) in [6, 6.07) is 6.48. The molecule has 0 saturated heterocycles. The summed E-state index contributed by atoms with van der Waals surface area (Å²) in [5, 5.41) is 8.63. The normalized spacial score (nSPS) is 9.92. The van der Waals surface area contributed by atoms with Gasteiger partial charge in [0.2, 0.25) is 5.95 Å². The number of aromatic nitrogens is 2. The van der Waals surface area contributed by atoms with Crippen LogP contribution in [0.15, 0.2) is 24.3 Å². The molecule has 0 unspecified atom stereocenters. The van der Waals surface area contributed by atoms with E-state index in [9.17, 15) is 4.79 Å². The van der Waals surface area contributed by atoms with E-state index in [1.165, 1.54) is 6.07 Å². The standard InChI is InChI=1S/C16H21N5O4.ClH/c1-2-12-13(14(17)20-16(18)19-12)25-8-4-7-24-11-6-3-5-10(9-11)15(22)21-23;/h3,5-6,9,23H,2,4,7-8H2,1H3,(H,21,22)(H4,17,18,19,20);1H. The lowest BCUT2D eigenvalue weighted by Crippen LogP contribution is -2.18. The van der Waals surface area contributed by atoms with Gasteiger partial charge in [-0.25, -0.2) is 10.5 Å². The van der Waals surface area contributed by atoms with Crippen LogP contribution in [-0.4, -0.2) is 34.3 Å². The zero-order valence-electron chi connectivity index (χ0n) is 14.3. The molecule has 0 aliphatic carbocycles. The molecule has 142 valence electrons. The first-order chi connectivity index (χ1) is 12.0. The van der Waals surface area contributed by atoms with Crippen molar-refractivity contribution in [3.05, 3.63) is 35.5 Å². The van der Waals surface area contributed by atoms with E-state index in [0.29, 0.717) is 48.8 Å². The maximum absolute atomic E-state index is 11.3. The van der Waals surface area contributed by atoms with Gasteiger partial charge in [0.05, 0.1) is 18.9 Å². The number of nitrogens with zero attached hydrogens (tertiary/aromatic N) is 2. The number of ether oxygens (including phenoxy) is 2. The number of nitrogens with one attached hydrogen (secondary N) is 1. The lowest BCUT2D eigenvalue weighted by atomic mass is 10.2. The molecule has 0 aliphatic rings. The molecule has 0 fully saturated rings. The zero-order valence-corrected chi connectivity index (χ0v) is 15.1. The van der Waals surface area contributed by atoms with E-state index >= 15 is 0 Å². The Morgan fingerprint density at radius 3 is 2.65 bits per heavy atom. The molecular weight excluding hydrogens is 362 g/mol. The number of hydrogen-bond acceptors (Lipinski definition) is 8. The first-order valence-corrected chi connectivity index (χ1v) is 7.77. The summed E-state index contributed by atoms with van der Waals surface area (Å²) in [5.74, 6) is 0.702. The fourth-order valence-corrected chi connectivity index (χ4v) is 2.15. The summed E-state index contributed by atoms with van der Waals surface area (Å²) < 4.78 is 11.2. The van der Waals surface area contributed by atoms with Crippen LogP contribution >= 0.6 is 12.4 Å². The van der Waals surface area contributed by atoms with E-state index < -0.39 is 5.91 Å². The van der Waals surface area contributed by atoms with Crippen LogP contribution in [0.5, 0.6) is 11.5 Å². The molecule has 0 aliphatic heterocycles. The number of aryl methyl sites for hydroxylation is 1. The Hall–Kier alpha value is -2.78. The van der Waals surface area contributed by atoms with Crippen molar-refractivity contribution in [2.75, 3.05) is 24.7 Å². The molecule has 1 heterocycles. The van der Waals surface area contributed by atoms with Gasteiger partial charge in [0.25, 0.3) is 5.91 Å². The molecule has 2 aromatic rings. The highest BCUT2D eigenvalue weighted by Crippen LogP contribution is 2.24. The number of benzene rings is 1. The molecule has 1 amide bonds. The molecule has 10 heteroatoms. The monoisotopic (exact) mass is 383 g/mol. The predicted molar refractivity (Wildman–Crippen MR) is 98.8 cm³/mol. The van der Waals surface area contributed by atoms with Crippen molar-refractivity contribution in [3.63, 3.8) is 0 Å². The van der Waals surface area contributed by atoms with Gasteiger partial charge in [-0.2, -0.15) is 4.98 Å². The third-order valence-electron chi connectivity index (χ3n) is 3.32. The van der Waals surface area contributed by atoms with Crippen molar-refractivity contribution in [1.82, 2.24) is 15.4 Å². The second-order valence-electron chi connectivity index (χ2n) is 5.12. The van der Waals surface area contributed by atoms with Gasteiger partial charge < -0.3 is 20.9 Å². The molecular formula is C16H22ClN5O4. The number of nitrogens with two attached hydrogens (primary N) is 2. The Kier molecular flexibility index (Phi) is 8.40. The summed E-state index contributed by atoms with van der Waals surface area (Å²) in [4.78, 5) is 19.3. The molecule has 0 atom stereocenters. The fourth-order valence-electron chi connectivity index (χ4n) is 2.15. The number of rotatable bonds is 8. The fraction of sp³-hybridized carbons (Fsp3) is 0.312. The summed E-state index contributed by atoms with van der Waals surface area (Å²) in [5.41, 5.74) is 13.9. The van der Waals surface area contributed by atoms with Crippen LogP contribution in [0.1, 0.15) is 29.4 Å². The smallest absolute Gasteiger partial charge is 0.274 e. The molecule has 9 nitrogen and oxygen atoms in total. The predicted octanol–water partition coefficient (Wildman–Crippen LogP) is 1.59. The minimum atomic E-state index is -0.597. The molecule has 0 radical (unpaired) electrons. The largest absolute Gasteiger partial charge is 0.493 e. The van der Waals surface area contributed by atoms with Crippen LogP contribution in [0.4, 0.5) is 11.8 Å². The SMILES string of the molecule is CCc1nc(N)nc(N)c1OCCCOc1cccc(C(=O)NO)c1.Cl. The van der Waals surface area contributed by atoms with Crippen LogP contribution in [0.2, 0.25) is 0 Å². The average Bonchev–Trinajstić information content (AvgIpc) is 2.62. The maximum atomic E-state index is 11.3. The van der Waals surface area contributed by atoms with E-state index in [0.717, 1.165) is 0 Å². The highest BCUT2D eigenvalue weighted by Gasteiger charge is 2.11. The third-order valence-corrected chi connectivity index (χ3v) is 3.32. The van der Waals surface area contributed by atoms with Crippen molar-refractivity contribution in [2.45, 2.75) is 19.8 Å². The molecule has 6 N–H and O–H groups in total. The summed E-state index contributed by atoms with van der Waals surface area (Å²) in [7, 11) is 0. The Bertz CT molecular complexity index is 745. The summed E-state index contributed by atoms with van der Waals surface area (Å²) in [6.07, 6.45) is 1.21. The molecule has 0 saturated carbocycles. The van der Waals surface area contributed by atoms with Gasteiger partial charge in [-0.3, -0.25) is 10.0 Å². The van der Waals surface area contributed by atoms with E-state index in [-0.39, 0.29) is 24.2 Å². The topological polar surface area (TPSA) is 146 Å². The quantitative estimate of drug-likeness (QED) is 0.305. The third kappa shape index (κ3) is 5.64. The number of amides is 1. The number of hydrogen-bond donors (Lipinski definition) is 4. The number of carbonyl (C=O) groups is 1. The Morgan fingerprint density at radius 2 is 1.96 bits per heavy atom. The van der Waals surface area contributed by atoms with Gasteiger partial charge in [-0.05, 0) is 24.6 Å². The lowest BCUT2D eigenvalue weighted by molar-refractivity contribution is 0.0706.